The molecule has 22 heavy (non-hydrogen) atoms. The van der Waals surface area contributed by atoms with Gasteiger partial charge in [0.25, 0.3) is 0 Å². The molecule has 120 valence electrons. The van der Waals surface area contributed by atoms with E-state index in [2.05, 4.69) is 12.2 Å². The van der Waals surface area contributed by atoms with Crippen molar-refractivity contribution in [1.82, 2.24) is 5.32 Å². The number of carbonyl (C=O) groups excluding carboxylic acids is 2. The van der Waals surface area contributed by atoms with E-state index in [1.54, 1.807) is 18.7 Å². The van der Waals surface area contributed by atoms with Gasteiger partial charge in [0.15, 0.2) is 0 Å². The third-order valence-corrected chi connectivity index (χ3v) is 4.01. The Morgan fingerprint density at radius 1 is 1.36 bits per heavy atom. The van der Waals surface area contributed by atoms with Crippen molar-refractivity contribution in [2.75, 3.05) is 18.1 Å². The van der Waals surface area contributed by atoms with Crippen molar-refractivity contribution in [1.29, 1.82) is 0 Å². The summed E-state index contributed by atoms with van der Waals surface area (Å²) in [6.45, 7) is 5.84. The van der Waals surface area contributed by atoms with E-state index in [1.807, 2.05) is 24.3 Å². The van der Waals surface area contributed by atoms with Crippen molar-refractivity contribution in [3.05, 3.63) is 29.8 Å². The van der Waals surface area contributed by atoms with Crippen LogP contribution in [-0.4, -0.2) is 35.6 Å². The van der Waals surface area contributed by atoms with Crippen LogP contribution >= 0.6 is 0 Å². The third-order valence-electron chi connectivity index (χ3n) is 4.01. The summed E-state index contributed by atoms with van der Waals surface area (Å²) in [5.74, 6) is -0.588. The number of benzene rings is 1. The molecule has 0 bridgehead atoms. The molecular weight excluding hydrogens is 280 g/mol. The molecule has 0 radical (unpaired) electrons. The van der Waals surface area contributed by atoms with Crippen LogP contribution in [0.4, 0.5) is 5.69 Å². The summed E-state index contributed by atoms with van der Waals surface area (Å²) in [7, 11) is 0. The standard InChI is InChI=1S/C17H24N2O3/c1-4-12-5-7-14(8-6-12)19-10-13(9-15(19)21)16(22)18-17(2,3)11-20/h5-8,13,20H,4,9-11H2,1-3H3,(H,18,22). The molecule has 2 amide bonds. The van der Waals surface area contributed by atoms with Gasteiger partial charge in [0.2, 0.25) is 11.8 Å². The molecule has 0 aliphatic carbocycles. The van der Waals surface area contributed by atoms with Crippen LogP contribution in [0.15, 0.2) is 24.3 Å². The topological polar surface area (TPSA) is 69.6 Å². The van der Waals surface area contributed by atoms with E-state index >= 15 is 0 Å². The molecule has 1 aliphatic rings. The number of anilines is 1. The number of aliphatic hydroxyl groups is 1. The molecule has 1 heterocycles. The van der Waals surface area contributed by atoms with Gasteiger partial charge in [0.05, 0.1) is 18.1 Å². The molecule has 1 aromatic rings. The first-order valence-corrected chi connectivity index (χ1v) is 7.68. The Balaban J connectivity index is 2.05. The second kappa shape index (κ2) is 6.48. The van der Waals surface area contributed by atoms with Gasteiger partial charge in [0, 0.05) is 18.7 Å². The molecule has 0 saturated carbocycles. The zero-order valence-corrected chi connectivity index (χ0v) is 13.4. The number of hydrogen-bond acceptors (Lipinski definition) is 3. The Kier molecular flexibility index (Phi) is 4.86. The number of aliphatic hydroxyl groups excluding tert-OH is 1. The predicted octanol–water partition coefficient (Wildman–Crippen LogP) is 1.49. The average molecular weight is 304 g/mol. The van der Waals surface area contributed by atoms with Crippen LogP contribution in [0.5, 0.6) is 0 Å². The van der Waals surface area contributed by atoms with E-state index in [9.17, 15) is 14.7 Å². The summed E-state index contributed by atoms with van der Waals surface area (Å²) in [6, 6.07) is 7.86. The van der Waals surface area contributed by atoms with Gasteiger partial charge < -0.3 is 15.3 Å². The summed E-state index contributed by atoms with van der Waals surface area (Å²) in [6.07, 6.45) is 1.17. The number of hydrogen-bond donors (Lipinski definition) is 2. The Hall–Kier alpha value is -1.88. The molecule has 1 atom stereocenters. The van der Waals surface area contributed by atoms with E-state index < -0.39 is 5.54 Å². The van der Waals surface area contributed by atoms with Crippen LogP contribution in [0.2, 0.25) is 0 Å². The van der Waals surface area contributed by atoms with Gasteiger partial charge in [0.1, 0.15) is 0 Å². The predicted molar refractivity (Wildman–Crippen MR) is 85.6 cm³/mol. The zero-order valence-electron chi connectivity index (χ0n) is 13.4. The number of nitrogens with zero attached hydrogens (tertiary/aromatic N) is 1. The van der Waals surface area contributed by atoms with Crippen molar-refractivity contribution in [2.45, 2.75) is 39.2 Å². The minimum atomic E-state index is -0.670. The number of carbonyl (C=O) groups is 2. The number of nitrogens with one attached hydrogen (secondary N) is 1. The van der Waals surface area contributed by atoms with Crippen molar-refractivity contribution in [3.8, 4) is 0 Å². The van der Waals surface area contributed by atoms with E-state index in [-0.39, 0.29) is 30.8 Å². The summed E-state index contributed by atoms with van der Waals surface area (Å²) in [5.41, 5.74) is 1.38. The summed E-state index contributed by atoms with van der Waals surface area (Å²) in [4.78, 5) is 26.1. The molecule has 1 fully saturated rings. The van der Waals surface area contributed by atoms with E-state index in [0.717, 1.165) is 12.1 Å². The Morgan fingerprint density at radius 3 is 2.55 bits per heavy atom. The van der Waals surface area contributed by atoms with Crippen molar-refractivity contribution >= 4 is 17.5 Å². The van der Waals surface area contributed by atoms with Gasteiger partial charge in [-0.1, -0.05) is 19.1 Å². The van der Waals surface area contributed by atoms with Gasteiger partial charge in [-0.15, -0.1) is 0 Å². The summed E-state index contributed by atoms with van der Waals surface area (Å²) in [5, 5.41) is 12.0. The number of aryl methyl sites for hydroxylation is 1. The SMILES string of the molecule is CCc1ccc(N2CC(C(=O)NC(C)(C)CO)CC2=O)cc1. The molecule has 0 spiro atoms. The summed E-state index contributed by atoms with van der Waals surface area (Å²) < 4.78 is 0. The molecule has 2 N–H and O–H groups in total. The largest absolute Gasteiger partial charge is 0.394 e. The molecule has 1 unspecified atom stereocenters. The van der Waals surface area contributed by atoms with Gasteiger partial charge in [-0.3, -0.25) is 9.59 Å². The molecule has 1 aliphatic heterocycles. The first-order valence-electron chi connectivity index (χ1n) is 7.68. The fraction of sp³-hybridized carbons (Fsp3) is 0.529. The maximum atomic E-state index is 12.2. The lowest BCUT2D eigenvalue weighted by Crippen LogP contribution is -2.49. The first-order chi connectivity index (χ1) is 10.4. The lowest BCUT2D eigenvalue weighted by molar-refractivity contribution is -0.128. The smallest absolute Gasteiger partial charge is 0.227 e. The normalized spacial score (nSPS) is 18.6. The highest BCUT2D eigenvalue weighted by Crippen LogP contribution is 2.26. The maximum absolute atomic E-state index is 12.2. The van der Waals surface area contributed by atoms with Gasteiger partial charge in [-0.25, -0.2) is 0 Å². The Bertz CT molecular complexity index is 552. The lowest BCUT2D eigenvalue weighted by atomic mass is 10.0. The molecule has 1 saturated heterocycles. The van der Waals surface area contributed by atoms with E-state index in [4.69, 9.17) is 0 Å². The van der Waals surface area contributed by atoms with Crippen molar-refractivity contribution in [3.63, 3.8) is 0 Å². The van der Waals surface area contributed by atoms with Crippen LogP contribution in [0.3, 0.4) is 0 Å². The van der Waals surface area contributed by atoms with E-state index in [1.165, 1.54) is 5.56 Å². The molecule has 0 aromatic heterocycles. The Labute approximate surface area is 131 Å². The molecule has 1 aromatic carbocycles. The van der Waals surface area contributed by atoms with Crippen molar-refractivity contribution < 1.29 is 14.7 Å². The molecular formula is C17H24N2O3. The zero-order chi connectivity index (χ0) is 16.3. The van der Waals surface area contributed by atoms with Gasteiger partial charge in [-0.2, -0.15) is 0 Å². The molecule has 2 rings (SSSR count). The number of amides is 2. The van der Waals surface area contributed by atoms with Gasteiger partial charge >= 0.3 is 0 Å². The third kappa shape index (κ3) is 3.65. The average Bonchev–Trinajstić information content (AvgIpc) is 2.89. The molecule has 5 heteroatoms. The monoisotopic (exact) mass is 304 g/mol. The van der Waals surface area contributed by atoms with Crippen molar-refractivity contribution in [2.24, 2.45) is 5.92 Å². The van der Waals surface area contributed by atoms with Gasteiger partial charge in [-0.05, 0) is 38.0 Å². The minimum absolute atomic E-state index is 0.0359. The highest BCUT2D eigenvalue weighted by molar-refractivity contribution is 6.00. The molecule has 5 nitrogen and oxygen atoms in total. The van der Waals surface area contributed by atoms with Crippen LogP contribution < -0.4 is 10.2 Å². The quantitative estimate of drug-likeness (QED) is 0.866. The maximum Gasteiger partial charge on any atom is 0.227 e. The summed E-state index contributed by atoms with van der Waals surface area (Å²) >= 11 is 0. The van der Waals surface area contributed by atoms with Crippen LogP contribution in [0, 0.1) is 5.92 Å². The van der Waals surface area contributed by atoms with Crippen LogP contribution in [0.25, 0.3) is 0 Å². The first kappa shape index (κ1) is 16.5. The number of rotatable bonds is 5. The fourth-order valence-corrected chi connectivity index (χ4v) is 2.52. The second-order valence-electron chi connectivity index (χ2n) is 6.46. The highest BCUT2D eigenvalue weighted by atomic mass is 16.3. The fourth-order valence-electron chi connectivity index (χ4n) is 2.52. The minimum Gasteiger partial charge on any atom is -0.394 e. The van der Waals surface area contributed by atoms with Crippen LogP contribution in [0.1, 0.15) is 32.8 Å². The van der Waals surface area contributed by atoms with E-state index in [0.29, 0.717) is 6.54 Å². The van der Waals surface area contributed by atoms with Crippen LogP contribution in [-0.2, 0) is 16.0 Å². The second-order valence-corrected chi connectivity index (χ2v) is 6.46. The Morgan fingerprint density at radius 2 is 2.00 bits per heavy atom. The highest BCUT2D eigenvalue weighted by Gasteiger charge is 2.36. The lowest BCUT2D eigenvalue weighted by Gasteiger charge is -2.25.